The van der Waals surface area contributed by atoms with Gasteiger partial charge >= 0.3 is 0 Å². The van der Waals surface area contributed by atoms with Gasteiger partial charge in [0.15, 0.2) is 0 Å². The fourth-order valence-corrected chi connectivity index (χ4v) is 9.83. The molecular formula is C45H25N3S. The standard InChI is InChI=1S/C45H25N3S/c46-26-27-17-20-30-31-21-18-29(25-38(31)45(37(30)23-27)35-10-2-7-15-42(35)49-43-16-8-3-11-36(43)45)28-19-22-33-34(24-28)32-9-1-5-13-40(32)48-41-14-6-4-12-39(41)47-44(33)48/h1-25H. The second-order valence-electron chi connectivity index (χ2n) is 13.0. The summed E-state index contributed by atoms with van der Waals surface area (Å²) >= 11 is 1.83. The van der Waals surface area contributed by atoms with Crippen LogP contribution in [0.2, 0.25) is 0 Å². The van der Waals surface area contributed by atoms with Crippen LogP contribution >= 0.6 is 11.8 Å². The number of hydrogen-bond acceptors (Lipinski definition) is 3. The van der Waals surface area contributed by atoms with Crippen LogP contribution in [0.4, 0.5) is 0 Å². The molecule has 3 heterocycles. The number of nitrogens with zero attached hydrogens (tertiary/aromatic N) is 3. The highest BCUT2D eigenvalue weighted by molar-refractivity contribution is 7.99. The van der Waals surface area contributed by atoms with Crippen LogP contribution in [-0.2, 0) is 5.41 Å². The number of hydrogen-bond donors (Lipinski definition) is 0. The molecule has 0 N–H and O–H groups in total. The Bertz CT molecular complexity index is 2900. The van der Waals surface area contributed by atoms with E-state index in [-0.39, 0.29) is 0 Å². The molecule has 4 heteroatoms. The zero-order valence-corrected chi connectivity index (χ0v) is 27.0. The van der Waals surface area contributed by atoms with Gasteiger partial charge in [-0.1, -0.05) is 103 Å². The Labute approximate surface area is 286 Å². The topological polar surface area (TPSA) is 41.1 Å². The molecule has 0 amide bonds. The lowest BCUT2D eigenvalue weighted by atomic mass is 9.67. The van der Waals surface area contributed by atoms with Gasteiger partial charge in [0.2, 0.25) is 0 Å². The average Bonchev–Trinajstić information content (AvgIpc) is 3.69. The summed E-state index contributed by atoms with van der Waals surface area (Å²) in [6, 6.07) is 57.1. The third-order valence-corrected chi connectivity index (χ3v) is 11.8. The van der Waals surface area contributed by atoms with E-state index in [4.69, 9.17) is 4.98 Å². The molecule has 1 aliphatic heterocycles. The molecule has 1 aliphatic carbocycles. The molecule has 3 nitrogen and oxygen atoms in total. The average molecular weight is 640 g/mol. The summed E-state index contributed by atoms with van der Waals surface area (Å²) < 4.78 is 2.30. The lowest BCUT2D eigenvalue weighted by Gasteiger charge is -2.39. The normalized spacial score (nSPS) is 13.8. The summed E-state index contributed by atoms with van der Waals surface area (Å²) in [4.78, 5) is 7.62. The summed E-state index contributed by atoms with van der Waals surface area (Å²) in [5, 5.41) is 13.6. The molecule has 2 aliphatic rings. The first-order valence-corrected chi connectivity index (χ1v) is 17.3. The van der Waals surface area contributed by atoms with E-state index < -0.39 is 5.41 Å². The Hall–Kier alpha value is -6.15. The highest BCUT2D eigenvalue weighted by Crippen LogP contribution is 2.62. The van der Waals surface area contributed by atoms with Crippen LogP contribution in [0.1, 0.15) is 27.8 Å². The van der Waals surface area contributed by atoms with E-state index in [2.05, 4.69) is 156 Å². The number of fused-ring (bicyclic) bond motifs is 17. The molecule has 0 saturated carbocycles. The van der Waals surface area contributed by atoms with Gasteiger partial charge in [0.1, 0.15) is 5.65 Å². The summed E-state index contributed by atoms with van der Waals surface area (Å²) in [5.41, 5.74) is 14.1. The Kier molecular flexibility index (Phi) is 5.32. The van der Waals surface area contributed by atoms with Gasteiger partial charge in [-0.15, -0.1) is 0 Å². The van der Waals surface area contributed by atoms with Crippen LogP contribution in [0, 0.1) is 11.3 Å². The minimum absolute atomic E-state index is 0.544. The lowest BCUT2D eigenvalue weighted by Crippen LogP contribution is -2.32. The number of para-hydroxylation sites is 3. The van der Waals surface area contributed by atoms with E-state index >= 15 is 0 Å². The van der Waals surface area contributed by atoms with Crippen molar-refractivity contribution in [2.24, 2.45) is 0 Å². The summed E-state index contributed by atoms with van der Waals surface area (Å²) in [6.07, 6.45) is 0. The van der Waals surface area contributed by atoms with Crippen molar-refractivity contribution in [3.63, 3.8) is 0 Å². The molecule has 9 aromatic rings. The number of rotatable bonds is 1. The molecule has 49 heavy (non-hydrogen) atoms. The summed E-state index contributed by atoms with van der Waals surface area (Å²) in [5.74, 6) is 0. The molecule has 1 spiro atoms. The van der Waals surface area contributed by atoms with Gasteiger partial charge in [-0.25, -0.2) is 4.98 Å². The highest BCUT2D eigenvalue weighted by atomic mass is 32.2. The van der Waals surface area contributed by atoms with Gasteiger partial charge in [-0.05, 0) is 111 Å². The summed E-state index contributed by atoms with van der Waals surface area (Å²) in [7, 11) is 0. The first-order chi connectivity index (χ1) is 24.2. The minimum atomic E-state index is -0.544. The van der Waals surface area contributed by atoms with Crippen molar-refractivity contribution in [3.8, 4) is 28.3 Å². The molecule has 2 aromatic heterocycles. The number of benzene rings is 7. The first kappa shape index (κ1) is 26.9. The Balaban J connectivity index is 1.21. The van der Waals surface area contributed by atoms with Crippen molar-refractivity contribution < 1.29 is 0 Å². The Morgan fingerprint density at radius 1 is 0.531 bits per heavy atom. The van der Waals surface area contributed by atoms with Gasteiger partial charge in [-0.3, -0.25) is 4.40 Å². The van der Waals surface area contributed by atoms with Crippen molar-refractivity contribution in [1.29, 1.82) is 5.26 Å². The van der Waals surface area contributed by atoms with Crippen LogP contribution < -0.4 is 0 Å². The largest absolute Gasteiger partial charge is 0.292 e. The fourth-order valence-electron chi connectivity index (χ4n) is 8.64. The second kappa shape index (κ2) is 9.70. The number of nitriles is 1. The van der Waals surface area contributed by atoms with Gasteiger partial charge in [-0.2, -0.15) is 5.26 Å². The molecule has 11 rings (SSSR count). The summed E-state index contributed by atoms with van der Waals surface area (Å²) in [6.45, 7) is 0. The van der Waals surface area contributed by atoms with Gasteiger partial charge in [0.25, 0.3) is 0 Å². The molecule has 7 aromatic carbocycles. The van der Waals surface area contributed by atoms with Crippen molar-refractivity contribution >= 4 is 50.1 Å². The number of aromatic nitrogens is 2. The molecule has 0 bridgehead atoms. The van der Waals surface area contributed by atoms with E-state index in [1.54, 1.807) is 0 Å². The van der Waals surface area contributed by atoms with E-state index in [0.29, 0.717) is 5.56 Å². The molecule has 0 radical (unpaired) electrons. The van der Waals surface area contributed by atoms with Crippen LogP contribution in [0.25, 0.3) is 60.6 Å². The van der Waals surface area contributed by atoms with Crippen molar-refractivity contribution in [1.82, 2.24) is 9.38 Å². The van der Waals surface area contributed by atoms with Crippen molar-refractivity contribution in [2.75, 3.05) is 0 Å². The molecule has 0 saturated heterocycles. The maximum Gasteiger partial charge on any atom is 0.146 e. The van der Waals surface area contributed by atoms with Gasteiger partial charge in [0.05, 0.1) is 33.6 Å². The first-order valence-electron chi connectivity index (χ1n) is 16.5. The predicted octanol–water partition coefficient (Wildman–Crippen LogP) is 11.2. The van der Waals surface area contributed by atoms with Gasteiger partial charge in [0, 0.05) is 20.6 Å². The van der Waals surface area contributed by atoms with E-state index in [9.17, 15) is 5.26 Å². The Morgan fingerprint density at radius 3 is 1.96 bits per heavy atom. The number of imidazole rings is 1. The van der Waals surface area contributed by atoms with Crippen LogP contribution in [0.5, 0.6) is 0 Å². The minimum Gasteiger partial charge on any atom is -0.292 e. The van der Waals surface area contributed by atoms with E-state index in [1.807, 2.05) is 17.8 Å². The van der Waals surface area contributed by atoms with E-state index in [0.717, 1.165) is 33.1 Å². The predicted molar refractivity (Wildman–Crippen MR) is 199 cm³/mol. The van der Waals surface area contributed by atoms with Crippen molar-refractivity contribution in [2.45, 2.75) is 15.2 Å². The molecule has 226 valence electrons. The smallest absolute Gasteiger partial charge is 0.146 e. The number of pyridine rings is 1. The zero-order chi connectivity index (χ0) is 32.3. The third-order valence-electron chi connectivity index (χ3n) is 10.7. The molecule has 0 fully saturated rings. The second-order valence-corrected chi connectivity index (χ2v) is 14.1. The van der Waals surface area contributed by atoms with E-state index in [1.165, 1.54) is 59.5 Å². The van der Waals surface area contributed by atoms with Crippen LogP contribution in [0.3, 0.4) is 0 Å². The molecule has 0 unspecified atom stereocenters. The maximum atomic E-state index is 10.1. The zero-order valence-electron chi connectivity index (χ0n) is 26.2. The molecule has 0 atom stereocenters. The SMILES string of the molecule is N#Cc1ccc2c(c1)C1(c3ccccc3Sc3ccccc31)c1cc(-c3ccc4c(c3)c3ccccc3n3c5ccccc5nc43)ccc1-2. The Morgan fingerprint density at radius 2 is 1.16 bits per heavy atom. The molecular weight excluding hydrogens is 615 g/mol. The third kappa shape index (κ3) is 3.45. The lowest BCUT2D eigenvalue weighted by molar-refractivity contribution is 0.722. The maximum absolute atomic E-state index is 10.1. The van der Waals surface area contributed by atoms with Crippen LogP contribution in [-0.4, -0.2) is 9.38 Å². The fraction of sp³-hybridized carbons (Fsp3) is 0.0222. The van der Waals surface area contributed by atoms with Crippen molar-refractivity contribution in [3.05, 3.63) is 179 Å². The highest BCUT2D eigenvalue weighted by Gasteiger charge is 2.50. The monoisotopic (exact) mass is 639 g/mol. The van der Waals surface area contributed by atoms with Gasteiger partial charge < -0.3 is 0 Å². The van der Waals surface area contributed by atoms with Crippen LogP contribution in [0.15, 0.2) is 161 Å². The quantitative estimate of drug-likeness (QED) is 0.168.